The molecule has 0 aromatic rings. The van der Waals surface area contributed by atoms with Crippen molar-refractivity contribution < 1.29 is 4.74 Å². The lowest BCUT2D eigenvalue weighted by Crippen LogP contribution is -2.38. The van der Waals surface area contributed by atoms with E-state index < -0.39 is 0 Å². The van der Waals surface area contributed by atoms with Crippen LogP contribution in [0.4, 0.5) is 0 Å². The number of hydrogen-bond donors (Lipinski definition) is 1. The van der Waals surface area contributed by atoms with E-state index in [0.29, 0.717) is 18.2 Å². The molecule has 0 amide bonds. The fraction of sp³-hybridized carbons (Fsp3) is 1.00. The highest BCUT2D eigenvalue weighted by Crippen LogP contribution is 2.19. The Labute approximate surface area is 101 Å². The number of hydrogen-bond acceptors (Lipinski definition) is 3. The maximum atomic E-state index is 5.86. The molecule has 1 fully saturated rings. The maximum Gasteiger partial charge on any atom is 0.0706 e. The van der Waals surface area contributed by atoms with Crippen molar-refractivity contribution >= 4 is 0 Å². The van der Waals surface area contributed by atoms with Crippen LogP contribution in [0.3, 0.4) is 0 Å². The summed E-state index contributed by atoms with van der Waals surface area (Å²) in [5.74, 6) is 0. The summed E-state index contributed by atoms with van der Waals surface area (Å²) in [7, 11) is 0. The van der Waals surface area contributed by atoms with Gasteiger partial charge in [-0.3, -0.25) is 4.90 Å². The van der Waals surface area contributed by atoms with Crippen LogP contribution in [0.1, 0.15) is 40.5 Å². The second-order valence-corrected chi connectivity index (χ2v) is 5.15. The summed E-state index contributed by atoms with van der Waals surface area (Å²) in [6.45, 7) is 13.2. The van der Waals surface area contributed by atoms with E-state index in [0.717, 1.165) is 26.2 Å². The van der Waals surface area contributed by atoms with Gasteiger partial charge in [0.25, 0.3) is 0 Å². The lowest BCUT2D eigenvalue weighted by atomic mass is 10.2. The Balaban J connectivity index is 2.16. The molecule has 3 nitrogen and oxygen atoms in total. The van der Waals surface area contributed by atoms with Crippen molar-refractivity contribution in [2.45, 2.75) is 58.8 Å². The van der Waals surface area contributed by atoms with Crippen LogP contribution in [0.25, 0.3) is 0 Å². The quantitative estimate of drug-likeness (QED) is 0.720. The predicted octanol–water partition coefficient (Wildman–Crippen LogP) is 1.87. The summed E-state index contributed by atoms with van der Waals surface area (Å²) in [5, 5.41) is 3.46. The van der Waals surface area contributed by atoms with Crippen molar-refractivity contribution in [2.24, 2.45) is 0 Å². The molecule has 1 aliphatic rings. The van der Waals surface area contributed by atoms with Gasteiger partial charge in [0.05, 0.1) is 12.2 Å². The van der Waals surface area contributed by atoms with E-state index in [-0.39, 0.29) is 0 Å². The maximum absolute atomic E-state index is 5.86. The van der Waals surface area contributed by atoms with Crippen molar-refractivity contribution in [2.75, 3.05) is 26.2 Å². The second-order valence-electron chi connectivity index (χ2n) is 5.15. The van der Waals surface area contributed by atoms with E-state index in [2.05, 4.69) is 37.9 Å². The molecule has 0 bridgehead atoms. The summed E-state index contributed by atoms with van der Waals surface area (Å²) in [5.41, 5.74) is 0. The molecular formula is C13H28N2O. The van der Waals surface area contributed by atoms with Gasteiger partial charge in [0.15, 0.2) is 0 Å². The van der Waals surface area contributed by atoms with E-state index in [1.165, 1.54) is 12.8 Å². The van der Waals surface area contributed by atoms with Crippen molar-refractivity contribution in [1.29, 1.82) is 0 Å². The van der Waals surface area contributed by atoms with Gasteiger partial charge >= 0.3 is 0 Å². The summed E-state index contributed by atoms with van der Waals surface area (Å²) in [4.78, 5) is 2.48. The molecule has 1 rings (SSSR count). The Kier molecular flexibility index (Phi) is 6.32. The molecule has 0 aromatic carbocycles. The Hall–Kier alpha value is -0.120. The lowest BCUT2D eigenvalue weighted by molar-refractivity contribution is 0.0326. The lowest BCUT2D eigenvalue weighted by Gasteiger charge is -2.24. The first kappa shape index (κ1) is 13.9. The molecule has 0 aliphatic carbocycles. The normalized spacial score (nSPS) is 25.9. The summed E-state index contributed by atoms with van der Waals surface area (Å²) >= 11 is 0. The molecule has 16 heavy (non-hydrogen) atoms. The fourth-order valence-electron chi connectivity index (χ4n) is 2.20. The first-order valence-corrected chi connectivity index (χ1v) is 6.73. The number of likely N-dealkylation sites (N-methyl/N-ethyl adjacent to an activating group) is 1. The molecule has 2 unspecified atom stereocenters. The molecule has 96 valence electrons. The zero-order valence-electron chi connectivity index (χ0n) is 11.3. The van der Waals surface area contributed by atoms with Crippen LogP contribution in [-0.2, 0) is 4.74 Å². The Bertz CT molecular complexity index is 185. The first-order chi connectivity index (χ1) is 7.61. The van der Waals surface area contributed by atoms with Crippen LogP contribution in [0.5, 0.6) is 0 Å². The summed E-state index contributed by atoms with van der Waals surface area (Å²) in [6.07, 6.45) is 3.40. The van der Waals surface area contributed by atoms with Gasteiger partial charge in [0.1, 0.15) is 0 Å². The van der Waals surface area contributed by atoms with Gasteiger partial charge in [0.2, 0.25) is 0 Å². The van der Waals surface area contributed by atoms with Gasteiger partial charge in [-0.2, -0.15) is 0 Å². The number of nitrogens with one attached hydrogen (secondary N) is 1. The van der Waals surface area contributed by atoms with Crippen LogP contribution < -0.4 is 5.32 Å². The van der Waals surface area contributed by atoms with Crippen LogP contribution in [0, 0.1) is 0 Å². The number of ether oxygens (including phenoxy) is 1. The summed E-state index contributed by atoms with van der Waals surface area (Å²) in [6, 6.07) is 0.585. The predicted molar refractivity (Wildman–Crippen MR) is 68.8 cm³/mol. The molecular weight excluding hydrogens is 200 g/mol. The average Bonchev–Trinajstić information content (AvgIpc) is 2.62. The van der Waals surface area contributed by atoms with Gasteiger partial charge in [-0.05, 0) is 26.3 Å². The van der Waals surface area contributed by atoms with Crippen LogP contribution in [-0.4, -0.2) is 49.3 Å². The fourth-order valence-corrected chi connectivity index (χ4v) is 2.20. The third kappa shape index (κ3) is 5.28. The third-order valence-electron chi connectivity index (χ3n) is 3.21. The van der Waals surface area contributed by atoms with Crippen molar-refractivity contribution in [3.05, 3.63) is 0 Å². The monoisotopic (exact) mass is 228 g/mol. The number of rotatable bonds is 7. The largest absolute Gasteiger partial charge is 0.374 e. The molecule has 1 saturated heterocycles. The highest BCUT2D eigenvalue weighted by Gasteiger charge is 2.23. The highest BCUT2D eigenvalue weighted by atomic mass is 16.5. The highest BCUT2D eigenvalue weighted by molar-refractivity contribution is 4.74. The van der Waals surface area contributed by atoms with Crippen molar-refractivity contribution in [3.63, 3.8) is 0 Å². The third-order valence-corrected chi connectivity index (χ3v) is 3.21. The van der Waals surface area contributed by atoms with Gasteiger partial charge in [-0.1, -0.05) is 20.8 Å². The molecule has 0 radical (unpaired) electrons. The SMILES string of the molecule is CCN(CCNC(C)C)CC1CCC(C)O1. The van der Waals surface area contributed by atoms with E-state index in [1.54, 1.807) is 0 Å². The van der Waals surface area contributed by atoms with E-state index >= 15 is 0 Å². The van der Waals surface area contributed by atoms with Crippen molar-refractivity contribution in [1.82, 2.24) is 10.2 Å². The van der Waals surface area contributed by atoms with Crippen LogP contribution in [0.15, 0.2) is 0 Å². The Morgan fingerprint density at radius 1 is 1.38 bits per heavy atom. The van der Waals surface area contributed by atoms with Gasteiger partial charge in [0, 0.05) is 25.7 Å². The Morgan fingerprint density at radius 3 is 2.62 bits per heavy atom. The molecule has 1 aliphatic heterocycles. The first-order valence-electron chi connectivity index (χ1n) is 6.73. The van der Waals surface area contributed by atoms with Crippen molar-refractivity contribution in [3.8, 4) is 0 Å². The molecule has 0 aromatic heterocycles. The molecule has 3 heteroatoms. The molecule has 1 N–H and O–H groups in total. The Morgan fingerprint density at radius 2 is 2.12 bits per heavy atom. The van der Waals surface area contributed by atoms with Crippen LogP contribution >= 0.6 is 0 Å². The zero-order valence-corrected chi connectivity index (χ0v) is 11.3. The van der Waals surface area contributed by atoms with E-state index in [4.69, 9.17) is 4.74 Å². The van der Waals surface area contributed by atoms with Gasteiger partial charge in [-0.15, -0.1) is 0 Å². The topological polar surface area (TPSA) is 24.5 Å². The van der Waals surface area contributed by atoms with Gasteiger partial charge in [-0.25, -0.2) is 0 Å². The average molecular weight is 228 g/mol. The van der Waals surface area contributed by atoms with E-state index in [9.17, 15) is 0 Å². The molecule has 1 heterocycles. The smallest absolute Gasteiger partial charge is 0.0706 e. The second kappa shape index (κ2) is 7.25. The number of nitrogens with zero attached hydrogens (tertiary/aromatic N) is 1. The molecule has 2 atom stereocenters. The zero-order chi connectivity index (χ0) is 12.0. The molecule has 0 saturated carbocycles. The minimum absolute atomic E-state index is 0.467. The minimum Gasteiger partial charge on any atom is -0.374 e. The summed E-state index contributed by atoms with van der Waals surface area (Å²) < 4.78 is 5.86. The minimum atomic E-state index is 0.467. The van der Waals surface area contributed by atoms with E-state index in [1.807, 2.05) is 0 Å². The standard InChI is InChI=1S/C13H28N2O/c1-5-15(9-8-14-11(2)3)10-13-7-6-12(4)16-13/h11-14H,5-10H2,1-4H3. The van der Waals surface area contributed by atoms with Crippen LogP contribution in [0.2, 0.25) is 0 Å². The molecule has 0 spiro atoms. The van der Waals surface area contributed by atoms with Gasteiger partial charge < -0.3 is 10.1 Å².